The van der Waals surface area contributed by atoms with E-state index in [1.54, 1.807) is 12.1 Å². The molecule has 2 aliphatic heterocycles. The molecule has 0 bridgehead atoms. The quantitative estimate of drug-likeness (QED) is 0.525. The zero-order valence-electron chi connectivity index (χ0n) is 17.4. The zero-order valence-corrected chi connectivity index (χ0v) is 18.2. The van der Waals surface area contributed by atoms with Crippen LogP contribution in [0.4, 0.5) is 23.5 Å². The average molecular weight is 482 g/mol. The minimum Gasteiger partial charge on any atom is -0.341 e. The molecule has 4 heterocycles. The number of piperidine rings is 1. The first kappa shape index (κ1) is 22.0. The number of fused-ring (bicyclic) bond motifs is 3. The number of benzene rings is 1. The van der Waals surface area contributed by atoms with E-state index in [1.165, 1.54) is 4.90 Å². The van der Waals surface area contributed by atoms with Crippen LogP contribution in [-0.4, -0.2) is 55.4 Å². The Morgan fingerprint density at radius 1 is 1.03 bits per heavy atom. The van der Waals surface area contributed by atoms with Crippen LogP contribution in [-0.2, 0) is 13.1 Å². The molecule has 0 aliphatic carbocycles. The number of hydrogen-bond donors (Lipinski definition) is 0. The molecule has 0 spiro atoms. The van der Waals surface area contributed by atoms with E-state index in [0.29, 0.717) is 35.4 Å². The predicted octanol–water partition coefficient (Wildman–Crippen LogP) is 4.11. The third kappa shape index (κ3) is 4.65. The van der Waals surface area contributed by atoms with Gasteiger partial charge in [-0.3, -0.25) is 9.47 Å². The Kier molecular flexibility index (Phi) is 5.69. The van der Waals surface area contributed by atoms with Gasteiger partial charge in [0.05, 0.1) is 31.2 Å². The van der Waals surface area contributed by atoms with Crippen LogP contribution in [0.1, 0.15) is 36.0 Å². The van der Waals surface area contributed by atoms with Crippen molar-refractivity contribution in [3.8, 4) is 5.69 Å². The van der Waals surface area contributed by atoms with Gasteiger partial charge in [-0.2, -0.15) is 13.2 Å². The first-order chi connectivity index (χ1) is 15.8. The number of aromatic nitrogens is 5. The molecule has 1 fully saturated rings. The van der Waals surface area contributed by atoms with Crippen LogP contribution in [0.3, 0.4) is 0 Å². The standard InChI is InChI=1S/C21H20ClF4N7/c22-15-1-2-17-14(7-15)10-31(12-21(24,25)26)11-18-29-30-19(33(17)18)13-3-5-32(6-4-13)20-27-8-16(23)9-28-20/h1-2,7-9,13H,3-6,10-12H2. The first-order valence-electron chi connectivity index (χ1n) is 10.5. The molecule has 33 heavy (non-hydrogen) atoms. The third-order valence-corrected chi connectivity index (χ3v) is 6.18. The van der Waals surface area contributed by atoms with Crippen molar-refractivity contribution >= 4 is 17.5 Å². The molecular formula is C21H20ClF4N7. The van der Waals surface area contributed by atoms with Crippen LogP contribution >= 0.6 is 11.6 Å². The number of hydrogen-bond acceptors (Lipinski definition) is 6. The maximum absolute atomic E-state index is 13.2. The van der Waals surface area contributed by atoms with Gasteiger partial charge in [0, 0.05) is 30.6 Å². The second kappa shape index (κ2) is 8.53. The first-order valence-corrected chi connectivity index (χ1v) is 10.9. The maximum atomic E-state index is 13.2. The van der Waals surface area contributed by atoms with Crippen LogP contribution < -0.4 is 4.90 Å². The molecule has 1 aromatic carbocycles. The minimum atomic E-state index is -4.33. The van der Waals surface area contributed by atoms with E-state index in [9.17, 15) is 17.6 Å². The van der Waals surface area contributed by atoms with E-state index in [4.69, 9.17) is 11.6 Å². The Bertz CT molecular complexity index is 1140. The summed E-state index contributed by atoms with van der Waals surface area (Å²) in [5.41, 5.74) is 1.45. The molecule has 2 aromatic heterocycles. The van der Waals surface area contributed by atoms with Gasteiger partial charge in [0.1, 0.15) is 5.82 Å². The predicted molar refractivity (Wildman–Crippen MR) is 113 cm³/mol. The van der Waals surface area contributed by atoms with Crippen molar-refractivity contribution in [1.29, 1.82) is 0 Å². The van der Waals surface area contributed by atoms with Crippen LogP contribution in [0, 0.1) is 5.82 Å². The summed E-state index contributed by atoms with van der Waals surface area (Å²) in [6.07, 6.45) is -0.586. The summed E-state index contributed by atoms with van der Waals surface area (Å²) in [7, 11) is 0. The van der Waals surface area contributed by atoms with Crippen molar-refractivity contribution in [3.05, 3.63) is 58.6 Å². The summed E-state index contributed by atoms with van der Waals surface area (Å²) in [6, 6.07) is 5.24. The Balaban J connectivity index is 1.43. The smallest absolute Gasteiger partial charge is 0.341 e. The van der Waals surface area contributed by atoms with Gasteiger partial charge in [-0.25, -0.2) is 14.4 Å². The molecule has 0 saturated carbocycles. The van der Waals surface area contributed by atoms with Gasteiger partial charge in [0.2, 0.25) is 5.95 Å². The van der Waals surface area contributed by atoms with Gasteiger partial charge in [-0.05, 0) is 36.6 Å². The molecule has 0 radical (unpaired) electrons. The van der Waals surface area contributed by atoms with Crippen LogP contribution in [0.5, 0.6) is 0 Å². The molecule has 174 valence electrons. The highest BCUT2D eigenvalue weighted by Gasteiger charge is 2.35. The lowest BCUT2D eigenvalue weighted by molar-refractivity contribution is -0.148. The highest BCUT2D eigenvalue weighted by atomic mass is 35.5. The molecule has 12 heteroatoms. The van der Waals surface area contributed by atoms with Crippen LogP contribution in [0.25, 0.3) is 5.69 Å². The van der Waals surface area contributed by atoms with E-state index in [1.807, 2.05) is 15.5 Å². The van der Waals surface area contributed by atoms with E-state index >= 15 is 0 Å². The fourth-order valence-corrected chi connectivity index (χ4v) is 4.72. The van der Waals surface area contributed by atoms with Crippen molar-refractivity contribution in [2.45, 2.75) is 38.0 Å². The SMILES string of the molecule is Fc1cnc(N2CCC(c3nnc4n3-c3ccc(Cl)cc3CN(CC(F)(F)F)C4)CC2)nc1. The molecule has 1 saturated heterocycles. The van der Waals surface area contributed by atoms with E-state index in [0.717, 1.165) is 36.7 Å². The number of halogens is 5. The minimum absolute atomic E-state index is 0.0288. The summed E-state index contributed by atoms with van der Waals surface area (Å²) >= 11 is 6.16. The topological polar surface area (TPSA) is 63.0 Å². The number of alkyl halides is 3. The zero-order chi connectivity index (χ0) is 23.2. The molecule has 0 amide bonds. The molecule has 0 unspecified atom stereocenters. The van der Waals surface area contributed by atoms with Crippen molar-refractivity contribution in [3.63, 3.8) is 0 Å². The van der Waals surface area contributed by atoms with Crippen molar-refractivity contribution < 1.29 is 17.6 Å². The normalized spacial score (nSPS) is 17.5. The molecule has 3 aromatic rings. The Hall–Kier alpha value is -2.79. The largest absolute Gasteiger partial charge is 0.401 e. The fourth-order valence-electron chi connectivity index (χ4n) is 4.53. The average Bonchev–Trinajstić information content (AvgIpc) is 3.10. The highest BCUT2D eigenvalue weighted by molar-refractivity contribution is 6.30. The van der Waals surface area contributed by atoms with E-state index in [2.05, 4.69) is 20.2 Å². The van der Waals surface area contributed by atoms with Gasteiger partial charge in [-0.1, -0.05) is 11.6 Å². The molecule has 5 rings (SSSR count). The summed E-state index contributed by atoms with van der Waals surface area (Å²) in [6.45, 7) is 0.384. The van der Waals surface area contributed by atoms with E-state index < -0.39 is 18.5 Å². The van der Waals surface area contributed by atoms with Gasteiger partial charge < -0.3 is 4.90 Å². The van der Waals surface area contributed by atoms with Gasteiger partial charge in [0.15, 0.2) is 11.6 Å². The Morgan fingerprint density at radius 2 is 1.76 bits per heavy atom. The Labute approximate surface area is 192 Å². The van der Waals surface area contributed by atoms with Crippen molar-refractivity contribution in [1.82, 2.24) is 29.6 Å². The molecule has 7 nitrogen and oxygen atoms in total. The van der Waals surface area contributed by atoms with Crippen molar-refractivity contribution in [2.24, 2.45) is 0 Å². The molecule has 2 aliphatic rings. The molecular weight excluding hydrogens is 462 g/mol. The monoisotopic (exact) mass is 481 g/mol. The third-order valence-electron chi connectivity index (χ3n) is 5.95. The lowest BCUT2D eigenvalue weighted by Gasteiger charge is -2.31. The molecule has 0 N–H and O–H groups in total. The summed E-state index contributed by atoms with van der Waals surface area (Å²) in [5.74, 6) is 1.23. The maximum Gasteiger partial charge on any atom is 0.401 e. The number of nitrogens with zero attached hydrogens (tertiary/aromatic N) is 7. The van der Waals surface area contributed by atoms with Gasteiger partial charge in [0.25, 0.3) is 0 Å². The van der Waals surface area contributed by atoms with E-state index in [-0.39, 0.29) is 19.0 Å². The summed E-state index contributed by atoms with van der Waals surface area (Å²) < 4.78 is 54.5. The second-order valence-electron chi connectivity index (χ2n) is 8.31. The second-order valence-corrected chi connectivity index (χ2v) is 8.74. The van der Waals surface area contributed by atoms with Crippen LogP contribution in [0.15, 0.2) is 30.6 Å². The highest BCUT2D eigenvalue weighted by Crippen LogP contribution is 2.34. The van der Waals surface area contributed by atoms with Gasteiger partial charge in [-0.15, -0.1) is 10.2 Å². The fraction of sp³-hybridized carbons (Fsp3) is 0.429. The van der Waals surface area contributed by atoms with Gasteiger partial charge >= 0.3 is 6.18 Å². The summed E-state index contributed by atoms with van der Waals surface area (Å²) in [5, 5.41) is 9.13. The molecule has 0 atom stereocenters. The number of anilines is 1. The summed E-state index contributed by atoms with van der Waals surface area (Å²) in [4.78, 5) is 11.4. The lowest BCUT2D eigenvalue weighted by Crippen LogP contribution is -2.35. The Morgan fingerprint density at radius 3 is 2.45 bits per heavy atom. The lowest BCUT2D eigenvalue weighted by atomic mass is 9.95. The number of rotatable bonds is 3. The van der Waals surface area contributed by atoms with Crippen LogP contribution in [0.2, 0.25) is 5.02 Å². The van der Waals surface area contributed by atoms with Crippen molar-refractivity contribution in [2.75, 3.05) is 24.5 Å².